The Morgan fingerprint density at radius 2 is 2.12 bits per heavy atom. The van der Waals surface area contributed by atoms with Gasteiger partial charge < -0.3 is 14.6 Å². The Morgan fingerprint density at radius 3 is 2.56 bits per heavy atom. The van der Waals surface area contributed by atoms with E-state index in [-0.39, 0.29) is 15.1 Å². The van der Waals surface area contributed by atoms with Crippen LogP contribution < -0.4 is 9.47 Å². The van der Waals surface area contributed by atoms with Crippen molar-refractivity contribution >= 4 is 22.6 Å². The summed E-state index contributed by atoms with van der Waals surface area (Å²) in [4.78, 5) is 3.77. The minimum Gasteiger partial charge on any atom is -0.480 e. The van der Waals surface area contributed by atoms with E-state index in [2.05, 4.69) is 9.72 Å². The van der Waals surface area contributed by atoms with Crippen molar-refractivity contribution in [2.45, 2.75) is 13.0 Å². The number of pyridine rings is 1. The molecule has 0 atom stereocenters. The quantitative estimate of drug-likeness (QED) is 0.850. The van der Waals surface area contributed by atoms with Crippen LogP contribution in [0.15, 0.2) is 6.07 Å². The van der Waals surface area contributed by atoms with Crippen molar-refractivity contribution in [1.29, 1.82) is 0 Å². The third kappa shape index (κ3) is 3.37. The second-order valence-corrected chi connectivity index (χ2v) is 3.72. The van der Waals surface area contributed by atoms with E-state index in [1.165, 1.54) is 7.11 Å². The molecule has 0 aliphatic carbocycles. The van der Waals surface area contributed by atoms with E-state index in [4.69, 9.17) is 9.84 Å². The minimum atomic E-state index is -4.79. The molecule has 4 nitrogen and oxygen atoms in total. The van der Waals surface area contributed by atoms with Crippen molar-refractivity contribution in [3.8, 4) is 11.6 Å². The van der Waals surface area contributed by atoms with Crippen molar-refractivity contribution in [2.75, 3.05) is 7.11 Å². The summed E-state index contributed by atoms with van der Waals surface area (Å²) < 4.78 is 44.8. The molecule has 90 valence electrons. The molecular formula is C8H7F3INO3. The first kappa shape index (κ1) is 13.3. The number of rotatable bonds is 3. The van der Waals surface area contributed by atoms with E-state index < -0.39 is 18.7 Å². The Bertz CT molecular complexity index is 384. The topological polar surface area (TPSA) is 51.6 Å². The highest BCUT2D eigenvalue weighted by Crippen LogP contribution is 2.33. The average molecular weight is 349 g/mol. The molecule has 0 radical (unpaired) electrons. The van der Waals surface area contributed by atoms with Crippen LogP contribution in [0.1, 0.15) is 5.69 Å². The lowest BCUT2D eigenvalue weighted by Crippen LogP contribution is -2.18. The summed E-state index contributed by atoms with van der Waals surface area (Å²) in [7, 11) is 1.27. The zero-order valence-electron chi connectivity index (χ0n) is 8.01. The number of aromatic nitrogens is 1. The van der Waals surface area contributed by atoms with Crippen molar-refractivity contribution in [3.63, 3.8) is 0 Å². The Morgan fingerprint density at radius 1 is 1.50 bits per heavy atom. The number of ether oxygens (including phenoxy) is 2. The van der Waals surface area contributed by atoms with Gasteiger partial charge in [-0.3, -0.25) is 0 Å². The van der Waals surface area contributed by atoms with E-state index in [0.717, 1.165) is 6.07 Å². The average Bonchev–Trinajstić information content (AvgIpc) is 2.19. The highest BCUT2D eigenvalue weighted by molar-refractivity contribution is 14.1. The van der Waals surface area contributed by atoms with Gasteiger partial charge in [-0.05, 0) is 22.6 Å². The summed E-state index contributed by atoms with van der Waals surface area (Å²) in [6.07, 6.45) is -4.79. The van der Waals surface area contributed by atoms with Crippen LogP contribution in [0, 0.1) is 3.57 Å². The normalized spacial score (nSPS) is 11.4. The molecule has 0 aliphatic rings. The van der Waals surface area contributed by atoms with Gasteiger partial charge in [0.15, 0.2) is 0 Å². The molecule has 1 rings (SSSR count). The Labute approximate surface area is 103 Å². The standard InChI is InChI=1S/C8H7F3INO3/c1-15-7-6(12)5(16-8(9,10)11)2-4(3-14)13-7/h2,14H,3H2,1H3. The maximum Gasteiger partial charge on any atom is 0.573 e. The van der Waals surface area contributed by atoms with Crippen LogP contribution in [-0.4, -0.2) is 23.6 Å². The summed E-state index contributed by atoms with van der Waals surface area (Å²) in [6.45, 7) is -0.499. The van der Waals surface area contributed by atoms with Crippen LogP contribution in [-0.2, 0) is 6.61 Å². The first-order valence-electron chi connectivity index (χ1n) is 3.97. The highest BCUT2D eigenvalue weighted by atomic mass is 127. The van der Waals surface area contributed by atoms with Crippen LogP contribution in [0.2, 0.25) is 0 Å². The number of nitrogens with zero attached hydrogens (tertiary/aromatic N) is 1. The van der Waals surface area contributed by atoms with E-state index in [0.29, 0.717) is 0 Å². The summed E-state index contributed by atoms with van der Waals surface area (Å²) in [5, 5.41) is 8.81. The number of halogens is 4. The third-order valence-electron chi connectivity index (χ3n) is 1.53. The number of methoxy groups -OCH3 is 1. The summed E-state index contributed by atoms with van der Waals surface area (Å²) >= 11 is 1.62. The van der Waals surface area contributed by atoms with Crippen LogP contribution in [0.4, 0.5) is 13.2 Å². The van der Waals surface area contributed by atoms with Crippen LogP contribution in [0.5, 0.6) is 11.6 Å². The fourth-order valence-corrected chi connectivity index (χ4v) is 1.55. The number of alkyl halides is 3. The monoisotopic (exact) mass is 349 g/mol. The van der Waals surface area contributed by atoms with Gasteiger partial charge in [-0.15, -0.1) is 13.2 Å². The third-order valence-corrected chi connectivity index (χ3v) is 2.52. The van der Waals surface area contributed by atoms with Crippen molar-refractivity contribution in [2.24, 2.45) is 0 Å². The molecule has 8 heteroatoms. The molecule has 1 aromatic heterocycles. The summed E-state index contributed by atoms with van der Waals surface area (Å²) in [6, 6.07) is 1.01. The molecule has 0 unspecified atom stereocenters. The Balaban J connectivity index is 3.16. The van der Waals surface area contributed by atoms with Gasteiger partial charge in [-0.25, -0.2) is 4.98 Å². The van der Waals surface area contributed by atoms with Crippen molar-refractivity contribution < 1.29 is 27.8 Å². The Kier molecular flexibility index (Phi) is 4.19. The van der Waals surface area contributed by atoms with Gasteiger partial charge in [0.1, 0.15) is 9.32 Å². The predicted octanol–water partition coefficient (Wildman–Crippen LogP) is 2.09. The molecule has 16 heavy (non-hydrogen) atoms. The SMILES string of the molecule is COc1nc(CO)cc(OC(F)(F)F)c1I. The number of aliphatic hydroxyl groups excluding tert-OH is 1. The van der Waals surface area contributed by atoms with Gasteiger partial charge in [-0.1, -0.05) is 0 Å². The molecule has 0 bridgehead atoms. The second kappa shape index (κ2) is 5.04. The fraction of sp³-hybridized carbons (Fsp3) is 0.375. The molecule has 0 saturated carbocycles. The zero-order valence-corrected chi connectivity index (χ0v) is 10.2. The number of hydrogen-bond donors (Lipinski definition) is 1. The van der Waals surface area contributed by atoms with Gasteiger partial charge in [0, 0.05) is 6.07 Å². The smallest absolute Gasteiger partial charge is 0.480 e. The van der Waals surface area contributed by atoms with Crippen molar-refractivity contribution in [1.82, 2.24) is 4.98 Å². The second-order valence-electron chi connectivity index (χ2n) is 2.64. The summed E-state index contributed by atoms with van der Waals surface area (Å²) in [5.74, 6) is -0.463. The summed E-state index contributed by atoms with van der Waals surface area (Å²) in [5.41, 5.74) is 0.0384. The zero-order chi connectivity index (χ0) is 12.3. The van der Waals surface area contributed by atoms with E-state index in [1.807, 2.05) is 0 Å². The van der Waals surface area contributed by atoms with Crippen LogP contribution >= 0.6 is 22.6 Å². The first-order chi connectivity index (χ1) is 7.37. The molecule has 1 heterocycles. The first-order valence-corrected chi connectivity index (χ1v) is 5.05. The Hall–Kier alpha value is -0.770. The lowest BCUT2D eigenvalue weighted by molar-refractivity contribution is -0.275. The molecule has 0 amide bonds. The molecule has 1 aromatic rings. The lowest BCUT2D eigenvalue weighted by Gasteiger charge is -2.13. The molecular weight excluding hydrogens is 342 g/mol. The molecule has 0 fully saturated rings. The fourth-order valence-electron chi connectivity index (χ4n) is 0.947. The van der Waals surface area contributed by atoms with Gasteiger partial charge in [0.2, 0.25) is 5.88 Å². The number of aliphatic hydroxyl groups is 1. The maximum absolute atomic E-state index is 12.0. The van der Waals surface area contributed by atoms with Gasteiger partial charge in [0.25, 0.3) is 0 Å². The lowest BCUT2D eigenvalue weighted by atomic mass is 10.3. The van der Waals surface area contributed by atoms with Gasteiger partial charge in [0.05, 0.1) is 19.4 Å². The molecule has 0 aliphatic heterocycles. The minimum absolute atomic E-state index is 0.0219. The molecule has 1 N–H and O–H groups in total. The molecule has 0 aromatic carbocycles. The molecule has 0 spiro atoms. The largest absolute Gasteiger partial charge is 0.573 e. The maximum atomic E-state index is 12.0. The molecule has 0 saturated heterocycles. The number of hydrogen-bond acceptors (Lipinski definition) is 4. The van der Waals surface area contributed by atoms with Gasteiger partial charge >= 0.3 is 6.36 Å². The van der Waals surface area contributed by atoms with Gasteiger partial charge in [-0.2, -0.15) is 0 Å². The highest BCUT2D eigenvalue weighted by Gasteiger charge is 2.33. The predicted molar refractivity (Wildman–Crippen MR) is 56.1 cm³/mol. The van der Waals surface area contributed by atoms with Crippen LogP contribution in [0.25, 0.3) is 0 Å². The van der Waals surface area contributed by atoms with E-state index in [1.54, 1.807) is 22.6 Å². The van der Waals surface area contributed by atoms with Crippen LogP contribution in [0.3, 0.4) is 0 Å². The van der Waals surface area contributed by atoms with E-state index >= 15 is 0 Å². The van der Waals surface area contributed by atoms with E-state index in [9.17, 15) is 13.2 Å². The van der Waals surface area contributed by atoms with Crippen molar-refractivity contribution in [3.05, 3.63) is 15.3 Å².